The molecule has 4 rings (SSSR count). The fraction of sp³-hybridized carbons (Fsp3) is 0.526. The Labute approximate surface area is 162 Å². The van der Waals surface area contributed by atoms with Gasteiger partial charge >= 0.3 is 0 Å². The maximum atomic E-state index is 14.1. The fourth-order valence-corrected chi connectivity index (χ4v) is 3.87. The van der Waals surface area contributed by atoms with Crippen LogP contribution in [0.2, 0.25) is 0 Å². The van der Waals surface area contributed by atoms with Gasteiger partial charge in [0, 0.05) is 25.2 Å². The first-order valence-electron chi connectivity index (χ1n) is 9.59. The van der Waals surface area contributed by atoms with Gasteiger partial charge < -0.3 is 9.80 Å². The number of halogens is 1. The molecule has 0 aliphatic carbocycles. The van der Waals surface area contributed by atoms with Gasteiger partial charge in [0.05, 0.1) is 25.3 Å². The summed E-state index contributed by atoms with van der Waals surface area (Å²) >= 11 is 0. The lowest BCUT2D eigenvalue weighted by atomic mass is 10.2. The fourth-order valence-electron chi connectivity index (χ4n) is 3.87. The van der Waals surface area contributed by atoms with Crippen LogP contribution in [0.15, 0.2) is 24.4 Å². The van der Waals surface area contributed by atoms with Crippen molar-refractivity contribution in [3.8, 4) is 0 Å². The summed E-state index contributed by atoms with van der Waals surface area (Å²) in [6, 6.07) is 4.85. The van der Waals surface area contributed by atoms with E-state index in [-0.39, 0.29) is 43.1 Å². The molecule has 148 valence electrons. The van der Waals surface area contributed by atoms with Gasteiger partial charge in [0.15, 0.2) is 5.69 Å². The van der Waals surface area contributed by atoms with Crippen molar-refractivity contribution in [3.05, 3.63) is 41.5 Å². The van der Waals surface area contributed by atoms with Crippen LogP contribution in [0.4, 0.5) is 4.39 Å². The molecule has 0 N–H and O–H groups in total. The second kappa shape index (κ2) is 7.65. The molecule has 2 aromatic heterocycles. The normalized spacial score (nSPS) is 22.1. The van der Waals surface area contributed by atoms with Crippen LogP contribution in [0.3, 0.4) is 0 Å². The third-order valence-electron chi connectivity index (χ3n) is 5.28. The summed E-state index contributed by atoms with van der Waals surface area (Å²) in [6.45, 7) is 3.61. The van der Waals surface area contributed by atoms with E-state index < -0.39 is 6.17 Å². The Kier molecular flexibility index (Phi) is 5.06. The quantitative estimate of drug-likeness (QED) is 0.795. The molecule has 0 aromatic carbocycles. The molecule has 2 amide bonds. The lowest BCUT2D eigenvalue weighted by Crippen LogP contribution is -2.38. The molecular weight excluding hydrogens is 363 g/mol. The first kappa shape index (κ1) is 18.5. The number of likely N-dealkylation sites (tertiary alicyclic amines) is 2. The number of aryl methyl sites for hydroxylation is 1. The molecule has 2 saturated heterocycles. The van der Waals surface area contributed by atoms with Gasteiger partial charge in [0.1, 0.15) is 11.9 Å². The van der Waals surface area contributed by atoms with Gasteiger partial charge in [0.25, 0.3) is 11.8 Å². The highest BCUT2D eigenvalue weighted by Gasteiger charge is 2.37. The standard InChI is InChI=1S/C19H23FN6O2/c1-13-5-4-6-16(21-13)19(28)26-10-14(20)9-15(26)11-25-12-17(22-23-25)18(27)24-7-2-3-8-24/h4-6,12,14-15H,2-3,7-11H2,1H3/t14-,15-/m0/s1. The second-order valence-corrected chi connectivity index (χ2v) is 7.43. The van der Waals surface area contributed by atoms with E-state index in [4.69, 9.17) is 0 Å². The predicted molar refractivity (Wildman–Crippen MR) is 98.5 cm³/mol. The first-order valence-corrected chi connectivity index (χ1v) is 9.59. The highest BCUT2D eigenvalue weighted by atomic mass is 19.1. The summed E-state index contributed by atoms with van der Waals surface area (Å²) < 4.78 is 15.6. The largest absolute Gasteiger partial charge is 0.337 e. The number of amides is 2. The van der Waals surface area contributed by atoms with Crippen LogP contribution in [0.25, 0.3) is 0 Å². The molecule has 0 bridgehead atoms. The van der Waals surface area contributed by atoms with Gasteiger partial charge in [-0.1, -0.05) is 11.3 Å². The van der Waals surface area contributed by atoms with E-state index in [9.17, 15) is 14.0 Å². The van der Waals surface area contributed by atoms with E-state index in [2.05, 4.69) is 15.3 Å². The van der Waals surface area contributed by atoms with E-state index in [1.165, 1.54) is 9.58 Å². The molecule has 28 heavy (non-hydrogen) atoms. The van der Waals surface area contributed by atoms with E-state index in [0.717, 1.165) is 31.6 Å². The van der Waals surface area contributed by atoms with Crippen LogP contribution in [0.5, 0.6) is 0 Å². The topological polar surface area (TPSA) is 84.2 Å². The van der Waals surface area contributed by atoms with Crippen molar-refractivity contribution >= 4 is 11.8 Å². The summed E-state index contributed by atoms with van der Waals surface area (Å²) in [5.74, 6) is -0.419. The Balaban J connectivity index is 1.47. The van der Waals surface area contributed by atoms with Gasteiger partial charge in [-0.15, -0.1) is 5.10 Å². The smallest absolute Gasteiger partial charge is 0.276 e. The Morgan fingerprint density at radius 1 is 1.18 bits per heavy atom. The minimum absolute atomic E-state index is 0.0351. The maximum Gasteiger partial charge on any atom is 0.276 e. The number of hydrogen-bond donors (Lipinski definition) is 0. The number of alkyl halides is 1. The Morgan fingerprint density at radius 2 is 1.96 bits per heavy atom. The SMILES string of the molecule is Cc1cccc(C(=O)N2C[C@@H](F)C[C@H]2Cn2cc(C(=O)N3CCCC3)nn2)n1. The lowest BCUT2D eigenvalue weighted by molar-refractivity contribution is 0.0707. The van der Waals surface area contributed by atoms with E-state index in [1.54, 1.807) is 23.2 Å². The van der Waals surface area contributed by atoms with E-state index >= 15 is 0 Å². The third kappa shape index (κ3) is 3.74. The Morgan fingerprint density at radius 3 is 2.71 bits per heavy atom. The molecule has 0 unspecified atom stereocenters. The van der Waals surface area contributed by atoms with Gasteiger partial charge in [-0.2, -0.15) is 0 Å². The molecule has 9 heteroatoms. The van der Waals surface area contributed by atoms with Crippen LogP contribution < -0.4 is 0 Å². The van der Waals surface area contributed by atoms with Crippen molar-refractivity contribution in [2.75, 3.05) is 19.6 Å². The summed E-state index contributed by atoms with van der Waals surface area (Å²) in [5, 5.41) is 7.99. The van der Waals surface area contributed by atoms with Gasteiger partial charge in [-0.05, 0) is 31.9 Å². The van der Waals surface area contributed by atoms with Crippen LogP contribution in [-0.4, -0.2) is 73.4 Å². The molecule has 0 radical (unpaired) electrons. The lowest BCUT2D eigenvalue weighted by Gasteiger charge is -2.23. The number of nitrogens with zero attached hydrogens (tertiary/aromatic N) is 6. The molecule has 2 aliphatic rings. The van der Waals surface area contributed by atoms with E-state index in [1.807, 2.05) is 13.0 Å². The number of pyridine rings is 1. The number of rotatable bonds is 4. The van der Waals surface area contributed by atoms with Crippen molar-refractivity contribution < 1.29 is 14.0 Å². The highest BCUT2D eigenvalue weighted by Crippen LogP contribution is 2.24. The van der Waals surface area contributed by atoms with Crippen molar-refractivity contribution in [1.29, 1.82) is 0 Å². The van der Waals surface area contributed by atoms with Crippen molar-refractivity contribution in [2.24, 2.45) is 0 Å². The van der Waals surface area contributed by atoms with Crippen LogP contribution in [0, 0.1) is 6.92 Å². The summed E-state index contributed by atoms with van der Waals surface area (Å²) in [6.07, 6.45) is 2.73. The molecule has 2 aromatic rings. The highest BCUT2D eigenvalue weighted by molar-refractivity contribution is 5.93. The second-order valence-electron chi connectivity index (χ2n) is 7.43. The first-order chi connectivity index (χ1) is 13.5. The molecule has 0 spiro atoms. The maximum absolute atomic E-state index is 14.1. The number of carbonyl (C=O) groups excluding carboxylic acids is 2. The molecule has 0 saturated carbocycles. The van der Waals surface area contributed by atoms with Crippen molar-refractivity contribution in [2.45, 2.75) is 44.9 Å². The minimum atomic E-state index is -1.09. The Hall–Kier alpha value is -2.84. The van der Waals surface area contributed by atoms with Crippen molar-refractivity contribution in [3.63, 3.8) is 0 Å². The monoisotopic (exact) mass is 386 g/mol. The molecule has 8 nitrogen and oxygen atoms in total. The summed E-state index contributed by atoms with van der Waals surface area (Å²) in [5.41, 5.74) is 1.33. The zero-order chi connectivity index (χ0) is 19.7. The van der Waals surface area contributed by atoms with Crippen molar-refractivity contribution in [1.82, 2.24) is 29.8 Å². The van der Waals surface area contributed by atoms with Crippen LogP contribution >= 0.6 is 0 Å². The third-order valence-corrected chi connectivity index (χ3v) is 5.28. The van der Waals surface area contributed by atoms with Gasteiger partial charge in [-0.25, -0.2) is 14.1 Å². The zero-order valence-electron chi connectivity index (χ0n) is 15.8. The van der Waals surface area contributed by atoms with Crippen LogP contribution in [-0.2, 0) is 6.54 Å². The number of hydrogen-bond acceptors (Lipinski definition) is 5. The van der Waals surface area contributed by atoms with E-state index in [0.29, 0.717) is 5.69 Å². The molecule has 4 heterocycles. The predicted octanol–water partition coefficient (Wildman–Crippen LogP) is 1.47. The van der Waals surface area contributed by atoms with Gasteiger partial charge in [0.2, 0.25) is 0 Å². The summed E-state index contributed by atoms with van der Waals surface area (Å²) in [7, 11) is 0. The molecule has 2 aliphatic heterocycles. The summed E-state index contributed by atoms with van der Waals surface area (Å²) in [4.78, 5) is 32.8. The number of carbonyl (C=O) groups is 2. The van der Waals surface area contributed by atoms with Gasteiger partial charge in [-0.3, -0.25) is 9.59 Å². The van der Waals surface area contributed by atoms with Crippen LogP contribution in [0.1, 0.15) is 45.9 Å². The Bertz CT molecular complexity index is 879. The number of aromatic nitrogens is 4. The average molecular weight is 386 g/mol. The molecule has 2 atom stereocenters. The molecular formula is C19H23FN6O2. The average Bonchev–Trinajstić information content (AvgIpc) is 3.42. The molecule has 2 fully saturated rings. The zero-order valence-corrected chi connectivity index (χ0v) is 15.8. The minimum Gasteiger partial charge on any atom is -0.337 e.